The number of nitrogens with one attached hydrogen (secondary N) is 1. The number of hydrogen-bond acceptors (Lipinski definition) is 3. The van der Waals surface area contributed by atoms with Crippen LogP contribution in [0.1, 0.15) is 37.3 Å². The molecule has 4 rings (SSSR count). The van der Waals surface area contributed by atoms with Crippen molar-refractivity contribution in [3.05, 3.63) is 65.5 Å². The molecule has 1 fully saturated rings. The third-order valence-corrected chi connectivity index (χ3v) is 5.05. The molecule has 26 heavy (non-hydrogen) atoms. The van der Waals surface area contributed by atoms with Crippen molar-refractivity contribution in [1.29, 1.82) is 0 Å². The molecule has 0 aliphatic carbocycles. The molecule has 0 amide bonds. The van der Waals surface area contributed by atoms with Crippen molar-refractivity contribution in [1.82, 2.24) is 5.32 Å². The number of rotatable bonds is 4. The number of hydrogen-bond donors (Lipinski definition) is 1. The molecule has 136 valence electrons. The zero-order valence-corrected chi connectivity index (χ0v) is 15.1. The van der Waals surface area contributed by atoms with E-state index < -0.39 is 0 Å². The van der Waals surface area contributed by atoms with Crippen LogP contribution in [0.4, 0.5) is 4.39 Å². The Morgan fingerprint density at radius 2 is 1.96 bits per heavy atom. The van der Waals surface area contributed by atoms with Crippen LogP contribution in [0, 0.1) is 5.82 Å². The van der Waals surface area contributed by atoms with E-state index in [-0.39, 0.29) is 11.4 Å². The van der Waals surface area contributed by atoms with Crippen molar-refractivity contribution in [2.24, 2.45) is 0 Å². The summed E-state index contributed by atoms with van der Waals surface area (Å²) >= 11 is 0. The van der Waals surface area contributed by atoms with Gasteiger partial charge in [0.1, 0.15) is 11.4 Å². The van der Waals surface area contributed by atoms with Gasteiger partial charge in [-0.2, -0.15) is 0 Å². The SMILES string of the molecule is CCCOc1ccc(C2=CC3(CCNCC3)Oc3ccccc32)cc1F. The predicted molar refractivity (Wildman–Crippen MR) is 101 cm³/mol. The summed E-state index contributed by atoms with van der Waals surface area (Å²) in [7, 11) is 0. The molecular weight excluding hydrogens is 329 g/mol. The van der Waals surface area contributed by atoms with Crippen LogP contribution in [0.3, 0.4) is 0 Å². The lowest BCUT2D eigenvalue weighted by molar-refractivity contribution is 0.0817. The van der Waals surface area contributed by atoms with Crippen molar-refractivity contribution >= 4 is 5.57 Å². The molecule has 4 heteroatoms. The van der Waals surface area contributed by atoms with Crippen molar-refractivity contribution < 1.29 is 13.9 Å². The highest BCUT2D eigenvalue weighted by Gasteiger charge is 2.37. The smallest absolute Gasteiger partial charge is 0.165 e. The minimum Gasteiger partial charge on any atom is -0.491 e. The molecule has 1 N–H and O–H groups in total. The molecule has 0 unspecified atom stereocenters. The molecule has 0 bridgehead atoms. The molecule has 1 saturated heterocycles. The molecular formula is C22H24FNO2. The second-order valence-electron chi connectivity index (χ2n) is 6.96. The van der Waals surface area contributed by atoms with Gasteiger partial charge in [-0.3, -0.25) is 0 Å². The average molecular weight is 353 g/mol. The molecule has 2 aromatic carbocycles. The largest absolute Gasteiger partial charge is 0.491 e. The third kappa shape index (κ3) is 3.21. The highest BCUT2D eigenvalue weighted by molar-refractivity contribution is 5.85. The highest BCUT2D eigenvalue weighted by Crippen LogP contribution is 2.42. The minimum atomic E-state index is -0.319. The van der Waals surface area contributed by atoms with Crippen LogP contribution in [0.5, 0.6) is 11.5 Å². The van der Waals surface area contributed by atoms with E-state index in [1.54, 1.807) is 12.1 Å². The summed E-state index contributed by atoms with van der Waals surface area (Å²) in [6, 6.07) is 13.3. The second kappa shape index (κ2) is 7.12. The molecule has 2 aliphatic heterocycles. The lowest BCUT2D eigenvalue weighted by Crippen LogP contribution is -2.46. The Labute approximate surface area is 153 Å². The molecule has 1 spiro atoms. The summed E-state index contributed by atoms with van der Waals surface area (Å²) in [5.41, 5.74) is 2.59. The quantitative estimate of drug-likeness (QED) is 0.874. The van der Waals surface area contributed by atoms with E-state index >= 15 is 0 Å². The molecule has 3 nitrogen and oxygen atoms in total. The first kappa shape index (κ1) is 17.1. The summed E-state index contributed by atoms with van der Waals surface area (Å²) < 4.78 is 26.4. The van der Waals surface area contributed by atoms with E-state index in [2.05, 4.69) is 11.4 Å². The highest BCUT2D eigenvalue weighted by atomic mass is 19.1. The molecule has 0 atom stereocenters. The number of ether oxygens (including phenoxy) is 2. The normalized spacial score (nSPS) is 18.0. The summed E-state index contributed by atoms with van der Waals surface area (Å²) in [5.74, 6) is 0.868. The van der Waals surface area contributed by atoms with E-state index in [0.29, 0.717) is 12.4 Å². The average Bonchev–Trinajstić information content (AvgIpc) is 2.67. The Bertz CT molecular complexity index is 825. The van der Waals surface area contributed by atoms with Gasteiger partial charge in [0.05, 0.1) is 6.61 Å². The Balaban J connectivity index is 1.76. The van der Waals surface area contributed by atoms with Crippen molar-refractivity contribution in [3.8, 4) is 11.5 Å². The second-order valence-corrected chi connectivity index (χ2v) is 6.96. The van der Waals surface area contributed by atoms with Gasteiger partial charge < -0.3 is 14.8 Å². The molecule has 2 heterocycles. The van der Waals surface area contributed by atoms with Crippen LogP contribution >= 0.6 is 0 Å². The number of benzene rings is 2. The van der Waals surface area contributed by atoms with E-state index in [0.717, 1.165) is 54.8 Å². The maximum atomic E-state index is 14.5. The van der Waals surface area contributed by atoms with Crippen LogP contribution in [-0.2, 0) is 0 Å². The van der Waals surface area contributed by atoms with E-state index in [1.807, 2.05) is 37.3 Å². The predicted octanol–water partition coefficient (Wildman–Crippen LogP) is 4.56. The van der Waals surface area contributed by atoms with Gasteiger partial charge in [-0.15, -0.1) is 0 Å². The maximum absolute atomic E-state index is 14.5. The number of piperidine rings is 1. The van der Waals surface area contributed by atoms with Crippen molar-refractivity contribution in [2.45, 2.75) is 31.8 Å². The fourth-order valence-electron chi connectivity index (χ4n) is 3.70. The van der Waals surface area contributed by atoms with Gasteiger partial charge in [-0.25, -0.2) is 4.39 Å². The van der Waals surface area contributed by atoms with Gasteiger partial charge in [-0.1, -0.05) is 31.2 Å². The summed E-state index contributed by atoms with van der Waals surface area (Å²) in [6.07, 6.45) is 4.86. The lowest BCUT2D eigenvalue weighted by atomic mass is 9.83. The molecule has 0 aromatic heterocycles. The first-order valence-electron chi connectivity index (χ1n) is 9.35. The van der Waals surface area contributed by atoms with Crippen molar-refractivity contribution in [2.75, 3.05) is 19.7 Å². The Hall–Kier alpha value is -2.33. The zero-order chi connectivity index (χ0) is 18.0. The van der Waals surface area contributed by atoms with Gasteiger partial charge in [0.25, 0.3) is 0 Å². The van der Waals surface area contributed by atoms with Crippen LogP contribution in [-0.4, -0.2) is 25.3 Å². The summed E-state index contributed by atoms with van der Waals surface area (Å²) in [4.78, 5) is 0. The standard InChI is InChI=1S/C22H24FNO2/c1-2-13-25-21-8-7-16(14-19(21)23)18-15-22(9-11-24-12-10-22)26-20-6-4-3-5-17(18)20/h3-8,14-15,24H,2,9-13H2,1H3. The fraction of sp³-hybridized carbons (Fsp3) is 0.364. The third-order valence-electron chi connectivity index (χ3n) is 5.05. The van der Waals surface area contributed by atoms with Crippen LogP contribution < -0.4 is 14.8 Å². The number of halogens is 1. The Kier molecular flexibility index (Phi) is 4.68. The Morgan fingerprint density at radius 3 is 2.73 bits per heavy atom. The topological polar surface area (TPSA) is 30.5 Å². The summed E-state index contributed by atoms with van der Waals surface area (Å²) in [6.45, 7) is 4.37. The lowest BCUT2D eigenvalue weighted by Gasteiger charge is -2.40. The summed E-state index contributed by atoms with van der Waals surface area (Å²) in [5, 5.41) is 3.39. The van der Waals surface area contributed by atoms with Gasteiger partial charge in [0, 0.05) is 18.4 Å². The minimum absolute atomic E-state index is 0.313. The van der Waals surface area contributed by atoms with E-state index in [9.17, 15) is 4.39 Å². The van der Waals surface area contributed by atoms with Gasteiger partial charge in [0.2, 0.25) is 0 Å². The number of fused-ring (bicyclic) bond motifs is 1. The van der Waals surface area contributed by atoms with Crippen LogP contribution in [0.2, 0.25) is 0 Å². The zero-order valence-electron chi connectivity index (χ0n) is 15.1. The van der Waals surface area contributed by atoms with Crippen LogP contribution in [0.15, 0.2) is 48.5 Å². The van der Waals surface area contributed by atoms with Gasteiger partial charge in [0.15, 0.2) is 11.6 Å². The molecule has 0 saturated carbocycles. The molecule has 0 radical (unpaired) electrons. The van der Waals surface area contributed by atoms with E-state index in [4.69, 9.17) is 9.47 Å². The molecule has 2 aromatic rings. The van der Waals surface area contributed by atoms with E-state index in [1.165, 1.54) is 0 Å². The number of para-hydroxylation sites is 1. The Morgan fingerprint density at radius 1 is 1.15 bits per heavy atom. The first-order valence-corrected chi connectivity index (χ1v) is 9.35. The van der Waals surface area contributed by atoms with Gasteiger partial charge in [-0.05, 0) is 54.9 Å². The fourth-order valence-corrected chi connectivity index (χ4v) is 3.70. The monoisotopic (exact) mass is 353 g/mol. The van der Waals surface area contributed by atoms with Gasteiger partial charge >= 0.3 is 0 Å². The van der Waals surface area contributed by atoms with Crippen LogP contribution in [0.25, 0.3) is 5.57 Å². The maximum Gasteiger partial charge on any atom is 0.165 e. The van der Waals surface area contributed by atoms with Crippen molar-refractivity contribution in [3.63, 3.8) is 0 Å². The first-order chi connectivity index (χ1) is 12.7. The molecule has 2 aliphatic rings.